The topological polar surface area (TPSA) is 52.0 Å². The molecule has 0 aliphatic carbocycles. The van der Waals surface area contributed by atoms with Crippen molar-refractivity contribution in [1.82, 2.24) is 0 Å². The molecule has 1 aromatic heterocycles. The second-order valence-corrected chi connectivity index (χ2v) is 3.56. The monoisotopic (exact) mass is 164 g/mol. The third kappa shape index (κ3) is 1.03. The van der Waals surface area contributed by atoms with Gasteiger partial charge in [-0.3, -0.25) is 0 Å². The van der Waals surface area contributed by atoms with Crippen LogP contribution in [0.1, 0.15) is 0 Å². The number of nitrogens with two attached hydrogens (primary N) is 2. The summed E-state index contributed by atoms with van der Waals surface area (Å²) in [5, 5.41) is 2.01. The molecule has 0 radical (unpaired) electrons. The van der Waals surface area contributed by atoms with E-state index in [2.05, 4.69) is 0 Å². The fourth-order valence-corrected chi connectivity index (χ4v) is 1.95. The van der Waals surface area contributed by atoms with E-state index in [-0.39, 0.29) is 0 Å². The summed E-state index contributed by atoms with van der Waals surface area (Å²) in [6, 6.07) is 7.77. The minimum Gasteiger partial charge on any atom is -0.399 e. The van der Waals surface area contributed by atoms with Crippen LogP contribution in [0, 0.1) is 0 Å². The first-order valence-electron chi connectivity index (χ1n) is 3.30. The molecule has 2 rings (SSSR count). The Hall–Kier alpha value is -1.22. The van der Waals surface area contributed by atoms with E-state index in [1.807, 2.05) is 24.3 Å². The fraction of sp³-hybridized carbons (Fsp3) is 0. The second kappa shape index (κ2) is 2.13. The van der Waals surface area contributed by atoms with Crippen LogP contribution < -0.4 is 11.5 Å². The SMILES string of the molecule is Nc1ccc2cc(N)sc2c1. The van der Waals surface area contributed by atoms with Crippen molar-refractivity contribution in [3.8, 4) is 0 Å². The van der Waals surface area contributed by atoms with Gasteiger partial charge in [0.25, 0.3) is 0 Å². The molecule has 0 unspecified atom stereocenters. The molecule has 2 aromatic rings. The molecule has 0 aliphatic heterocycles. The molecular weight excluding hydrogens is 156 g/mol. The summed E-state index contributed by atoms with van der Waals surface area (Å²) in [4.78, 5) is 0. The Labute approximate surface area is 68.4 Å². The van der Waals surface area contributed by atoms with E-state index in [9.17, 15) is 0 Å². The predicted molar refractivity (Wildman–Crippen MR) is 50.6 cm³/mol. The van der Waals surface area contributed by atoms with Gasteiger partial charge in [-0.25, -0.2) is 0 Å². The number of fused-ring (bicyclic) bond motifs is 1. The van der Waals surface area contributed by atoms with E-state index < -0.39 is 0 Å². The van der Waals surface area contributed by atoms with E-state index in [1.165, 1.54) is 5.39 Å². The van der Waals surface area contributed by atoms with Crippen molar-refractivity contribution in [2.24, 2.45) is 0 Å². The molecule has 4 N–H and O–H groups in total. The summed E-state index contributed by atoms with van der Waals surface area (Å²) in [7, 11) is 0. The number of thiophene rings is 1. The van der Waals surface area contributed by atoms with Crippen molar-refractivity contribution in [3.05, 3.63) is 24.3 Å². The van der Waals surface area contributed by atoms with Crippen molar-refractivity contribution < 1.29 is 0 Å². The fourth-order valence-electron chi connectivity index (χ4n) is 1.07. The van der Waals surface area contributed by atoms with Crippen LogP contribution in [0.15, 0.2) is 24.3 Å². The van der Waals surface area contributed by atoms with Crippen molar-refractivity contribution in [2.75, 3.05) is 11.5 Å². The minimum absolute atomic E-state index is 0.791. The Morgan fingerprint density at radius 1 is 1.09 bits per heavy atom. The van der Waals surface area contributed by atoms with Crippen LogP contribution in [0.5, 0.6) is 0 Å². The molecule has 56 valence electrons. The predicted octanol–water partition coefficient (Wildman–Crippen LogP) is 2.07. The zero-order valence-electron chi connectivity index (χ0n) is 5.87. The molecule has 0 bridgehead atoms. The number of benzene rings is 1. The van der Waals surface area contributed by atoms with E-state index in [1.54, 1.807) is 11.3 Å². The van der Waals surface area contributed by atoms with Gasteiger partial charge < -0.3 is 11.5 Å². The lowest BCUT2D eigenvalue weighted by molar-refractivity contribution is 1.79. The minimum atomic E-state index is 0.791. The average Bonchev–Trinajstić information content (AvgIpc) is 2.27. The van der Waals surface area contributed by atoms with Gasteiger partial charge in [0.1, 0.15) is 0 Å². The Morgan fingerprint density at radius 2 is 1.91 bits per heavy atom. The normalized spacial score (nSPS) is 10.5. The maximum absolute atomic E-state index is 5.62. The Morgan fingerprint density at radius 3 is 2.73 bits per heavy atom. The first-order chi connectivity index (χ1) is 5.25. The lowest BCUT2D eigenvalue weighted by atomic mass is 10.2. The molecule has 11 heavy (non-hydrogen) atoms. The number of rotatable bonds is 0. The van der Waals surface area contributed by atoms with Crippen molar-refractivity contribution >= 4 is 32.1 Å². The summed E-state index contributed by atoms with van der Waals surface area (Å²) in [5.41, 5.74) is 12.0. The lowest BCUT2D eigenvalue weighted by Gasteiger charge is -1.90. The van der Waals surface area contributed by atoms with Gasteiger partial charge in [0.15, 0.2) is 0 Å². The number of hydrogen-bond donors (Lipinski definition) is 2. The maximum atomic E-state index is 5.62. The summed E-state index contributed by atoms with van der Waals surface area (Å²) in [5.74, 6) is 0. The molecule has 0 spiro atoms. The molecule has 0 aliphatic rings. The Balaban J connectivity index is 2.82. The van der Waals surface area contributed by atoms with Gasteiger partial charge in [-0.2, -0.15) is 0 Å². The second-order valence-electron chi connectivity index (χ2n) is 2.45. The van der Waals surface area contributed by atoms with Crippen LogP contribution in [0.3, 0.4) is 0 Å². The third-order valence-electron chi connectivity index (χ3n) is 1.56. The standard InChI is InChI=1S/C8H8N2S/c9-6-2-1-5-3-8(10)11-7(5)4-6/h1-4H,9-10H2. The Bertz CT molecular complexity index is 392. The lowest BCUT2D eigenvalue weighted by Crippen LogP contribution is -1.80. The van der Waals surface area contributed by atoms with Crippen LogP contribution in [0.25, 0.3) is 10.1 Å². The molecule has 2 nitrogen and oxygen atoms in total. The summed E-state index contributed by atoms with van der Waals surface area (Å²) >= 11 is 1.56. The molecule has 1 heterocycles. The summed E-state index contributed by atoms with van der Waals surface area (Å²) in [6.45, 7) is 0. The molecule has 0 saturated heterocycles. The van der Waals surface area contributed by atoms with Gasteiger partial charge in [-0.1, -0.05) is 6.07 Å². The molecule has 0 saturated carbocycles. The van der Waals surface area contributed by atoms with E-state index in [0.29, 0.717) is 0 Å². The van der Waals surface area contributed by atoms with Gasteiger partial charge in [-0.15, -0.1) is 11.3 Å². The quantitative estimate of drug-likeness (QED) is 0.585. The smallest absolute Gasteiger partial charge is 0.0868 e. The van der Waals surface area contributed by atoms with Gasteiger partial charge in [0.2, 0.25) is 0 Å². The average molecular weight is 164 g/mol. The largest absolute Gasteiger partial charge is 0.399 e. The van der Waals surface area contributed by atoms with E-state index in [0.717, 1.165) is 15.4 Å². The molecular formula is C8H8N2S. The number of nitrogen functional groups attached to an aromatic ring is 2. The highest BCUT2D eigenvalue weighted by atomic mass is 32.1. The van der Waals surface area contributed by atoms with Crippen LogP contribution in [-0.2, 0) is 0 Å². The highest BCUT2D eigenvalue weighted by molar-refractivity contribution is 7.22. The zero-order valence-corrected chi connectivity index (χ0v) is 6.69. The van der Waals surface area contributed by atoms with E-state index >= 15 is 0 Å². The van der Waals surface area contributed by atoms with Crippen molar-refractivity contribution in [2.45, 2.75) is 0 Å². The van der Waals surface area contributed by atoms with Crippen LogP contribution in [-0.4, -0.2) is 0 Å². The van der Waals surface area contributed by atoms with Crippen molar-refractivity contribution in [1.29, 1.82) is 0 Å². The van der Waals surface area contributed by atoms with Gasteiger partial charge >= 0.3 is 0 Å². The molecule has 1 aromatic carbocycles. The van der Waals surface area contributed by atoms with Crippen LogP contribution >= 0.6 is 11.3 Å². The summed E-state index contributed by atoms with van der Waals surface area (Å²) in [6.07, 6.45) is 0. The molecule has 0 fully saturated rings. The zero-order chi connectivity index (χ0) is 7.84. The first-order valence-corrected chi connectivity index (χ1v) is 4.12. The van der Waals surface area contributed by atoms with Gasteiger partial charge in [0, 0.05) is 10.4 Å². The van der Waals surface area contributed by atoms with Gasteiger partial charge in [-0.05, 0) is 23.6 Å². The van der Waals surface area contributed by atoms with Gasteiger partial charge in [0.05, 0.1) is 5.00 Å². The van der Waals surface area contributed by atoms with Crippen LogP contribution in [0.2, 0.25) is 0 Å². The number of hydrogen-bond acceptors (Lipinski definition) is 3. The number of anilines is 2. The molecule has 0 amide bonds. The third-order valence-corrected chi connectivity index (χ3v) is 2.49. The maximum Gasteiger partial charge on any atom is 0.0868 e. The van der Waals surface area contributed by atoms with Crippen LogP contribution in [0.4, 0.5) is 10.7 Å². The molecule has 3 heteroatoms. The highest BCUT2D eigenvalue weighted by Crippen LogP contribution is 2.28. The van der Waals surface area contributed by atoms with Crippen molar-refractivity contribution in [3.63, 3.8) is 0 Å². The van der Waals surface area contributed by atoms with E-state index in [4.69, 9.17) is 11.5 Å². The highest BCUT2D eigenvalue weighted by Gasteiger charge is 1.97. The molecule has 0 atom stereocenters. The first kappa shape index (κ1) is 6.49. The Kier molecular flexibility index (Phi) is 1.26. The summed E-state index contributed by atoms with van der Waals surface area (Å²) < 4.78 is 1.16.